The maximum atomic E-state index is 10.4. The third kappa shape index (κ3) is 5.84. The van der Waals surface area contributed by atoms with E-state index in [1.54, 1.807) is 6.92 Å². The van der Waals surface area contributed by atoms with E-state index >= 15 is 0 Å². The molecule has 1 heterocycles. The van der Waals surface area contributed by atoms with Gasteiger partial charge in [-0.2, -0.15) is 4.98 Å². The highest BCUT2D eigenvalue weighted by molar-refractivity contribution is 5.79. The van der Waals surface area contributed by atoms with Crippen molar-refractivity contribution in [1.29, 1.82) is 0 Å². The Balaban J connectivity index is 1.94. The fourth-order valence-corrected chi connectivity index (χ4v) is 2.41. The van der Waals surface area contributed by atoms with Gasteiger partial charge in [-0.15, -0.1) is 0 Å². The SMILES string of the molecule is CCNC(=NCc1noc(C)n1)NCC(O)c1ccc(C(C)(C)C)cc1. The van der Waals surface area contributed by atoms with Gasteiger partial charge in [0.05, 0.1) is 6.10 Å². The summed E-state index contributed by atoms with van der Waals surface area (Å²) in [6.07, 6.45) is -0.625. The van der Waals surface area contributed by atoms with Crippen LogP contribution in [0.4, 0.5) is 0 Å². The first-order chi connectivity index (χ1) is 12.3. The number of benzene rings is 1. The van der Waals surface area contributed by atoms with Crippen LogP contribution >= 0.6 is 0 Å². The zero-order chi connectivity index (χ0) is 19.2. The second-order valence-electron chi connectivity index (χ2n) is 7.19. The van der Waals surface area contributed by atoms with Gasteiger partial charge in [0, 0.05) is 20.0 Å². The van der Waals surface area contributed by atoms with Crippen molar-refractivity contribution in [2.75, 3.05) is 13.1 Å². The maximum absolute atomic E-state index is 10.4. The topological polar surface area (TPSA) is 95.6 Å². The van der Waals surface area contributed by atoms with Crippen molar-refractivity contribution in [3.05, 3.63) is 47.1 Å². The number of aliphatic imine (C=N–C) groups is 1. The van der Waals surface area contributed by atoms with Crippen LogP contribution in [-0.2, 0) is 12.0 Å². The molecular weight excluding hydrogens is 330 g/mol. The van der Waals surface area contributed by atoms with Crippen LogP contribution in [0.3, 0.4) is 0 Å². The van der Waals surface area contributed by atoms with Gasteiger partial charge in [-0.05, 0) is 23.5 Å². The smallest absolute Gasteiger partial charge is 0.223 e. The van der Waals surface area contributed by atoms with Gasteiger partial charge >= 0.3 is 0 Å². The Kier molecular flexibility index (Phi) is 6.74. The molecule has 1 unspecified atom stereocenters. The number of nitrogens with zero attached hydrogens (tertiary/aromatic N) is 3. The van der Waals surface area contributed by atoms with E-state index in [-0.39, 0.29) is 5.41 Å². The highest BCUT2D eigenvalue weighted by Gasteiger charge is 2.15. The molecule has 1 atom stereocenters. The van der Waals surface area contributed by atoms with E-state index in [1.165, 1.54) is 5.56 Å². The Morgan fingerprint density at radius 1 is 1.23 bits per heavy atom. The van der Waals surface area contributed by atoms with Gasteiger partial charge in [0.2, 0.25) is 5.89 Å². The molecule has 1 aromatic carbocycles. The first-order valence-electron chi connectivity index (χ1n) is 8.89. The van der Waals surface area contributed by atoms with E-state index in [0.29, 0.717) is 37.3 Å². The summed E-state index contributed by atoms with van der Waals surface area (Å²) in [5.74, 6) is 1.64. The van der Waals surface area contributed by atoms with Crippen LogP contribution in [-0.4, -0.2) is 34.3 Å². The quantitative estimate of drug-likeness (QED) is 0.542. The van der Waals surface area contributed by atoms with Crippen LogP contribution in [0, 0.1) is 6.92 Å². The average Bonchev–Trinajstić information content (AvgIpc) is 3.02. The molecule has 0 fully saturated rings. The third-order valence-corrected chi connectivity index (χ3v) is 3.92. The molecule has 7 heteroatoms. The molecule has 26 heavy (non-hydrogen) atoms. The molecule has 3 N–H and O–H groups in total. The molecule has 0 aliphatic heterocycles. The van der Waals surface area contributed by atoms with Crippen molar-refractivity contribution in [1.82, 2.24) is 20.8 Å². The summed E-state index contributed by atoms with van der Waals surface area (Å²) in [6.45, 7) is 11.6. The molecule has 0 spiro atoms. The van der Waals surface area contributed by atoms with Gasteiger partial charge < -0.3 is 20.3 Å². The zero-order valence-electron chi connectivity index (χ0n) is 16.2. The molecule has 0 aliphatic rings. The second-order valence-corrected chi connectivity index (χ2v) is 7.19. The van der Waals surface area contributed by atoms with Gasteiger partial charge in [0.1, 0.15) is 6.54 Å². The van der Waals surface area contributed by atoms with Crippen LogP contribution < -0.4 is 10.6 Å². The molecule has 0 amide bonds. The van der Waals surface area contributed by atoms with Crippen LogP contribution in [0.15, 0.2) is 33.8 Å². The summed E-state index contributed by atoms with van der Waals surface area (Å²) >= 11 is 0. The second kappa shape index (κ2) is 8.80. The molecule has 2 rings (SSSR count). The van der Waals surface area contributed by atoms with Crippen molar-refractivity contribution in [3.8, 4) is 0 Å². The summed E-state index contributed by atoms with van der Waals surface area (Å²) in [7, 11) is 0. The van der Waals surface area contributed by atoms with E-state index in [2.05, 4.69) is 58.7 Å². The summed E-state index contributed by atoms with van der Waals surface area (Å²) in [5, 5.41) is 20.5. The molecule has 7 nitrogen and oxygen atoms in total. The number of aliphatic hydroxyl groups is 1. The predicted octanol–water partition coefficient (Wildman–Crippen LogP) is 2.46. The molecule has 1 aromatic heterocycles. The van der Waals surface area contributed by atoms with Crippen molar-refractivity contribution in [2.24, 2.45) is 4.99 Å². The number of aryl methyl sites for hydroxylation is 1. The zero-order valence-corrected chi connectivity index (χ0v) is 16.2. The van der Waals surface area contributed by atoms with Crippen LogP contribution in [0.1, 0.15) is 56.6 Å². The first kappa shape index (κ1) is 19.9. The summed E-state index contributed by atoms with van der Waals surface area (Å²) in [4.78, 5) is 8.53. The summed E-state index contributed by atoms with van der Waals surface area (Å²) < 4.78 is 4.94. The Labute approximate surface area is 154 Å². The molecule has 2 aromatic rings. The normalized spacial score (nSPS) is 13.5. The Morgan fingerprint density at radius 2 is 1.92 bits per heavy atom. The number of aliphatic hydroxyl groups excluding tert-OH is 1. The molecule has 0 saturated carbocycles. The minimum absolute atomic E-state index is 0.0973. The number of rotatable bonds is 6. The lowest BCUT2D eigenvalue weighted by molar-refractivity contribution is 0.181. The minimum atomic E-state index is -0.625. The number of hydrogen-bond donors (Lipinski definition) is 3. The number of aromatic nitrogens is 2. The van der Waals surface area contributed by atoms with Crippen molar-refractivity contribution in [2.45, 2.75) is 52.7 Å². The Bertz CT molecular complexity index is 716. The number of guanidine groups is 1. The molecule has 142 valence electrons. The molecule has 0 saturated heterocycles. The monoisotopic (exact) mass is 359 g/mol. The molecule has 0 aliphatic carbocycles. The number of nitrogens with one attached hydrogen (secondary N) is 2. The van der Waals surface area contributed by atoms with Crippen molar-refractivity contribution < 1.29 is 9.63 Å². The largest absolute Gasteiger partial charge is 0.387 e. The van der Waals surface area contributed by atoms with Gasteiger partial charge in [0.15, 0.2) is 11.8 Å². The van der Waals surface area contributed by atoms with Crippen molar-refractivity contribution in [3.63, 3.8) is 0 Å². The summed E-state index contributed by atoms with van der Waals surface area (Å²) in [6, 6.07) is 8.07. The third-order valence-electron chi connectivity index (χ3n) is 3.92. The van der Waals surface area contributed by atoms with Gasteiger partial charge in [-0.25, -0.2) is 4.99 Å². The average molecular weight is 359 g/mol. The maximum Gasteiger partial charge on any atom is 0.223 e. The highest BCUT2D eigenvalue weighted by Crippen LogP contribution is 2.23. The van der Waals surface area contributed by atoms with Crippen LogP contribution in [0.2, 0.25) is 0 Å². The van der Waals surface area contributed by atoms with E-state index < -0.39 is 6.10 Å². The fraction of sp³-hybridized carbons (Fsp3) is 0.526. The van der Waals surface area contributed by atoms with Crippen molar-refractivity contribution >= 4 is 5.96 Å². The van der Waals surface area contributed by atoms with E-state index in [0.717, 1.165) is 5.56 Å². The van der Waals surface area contributed by atoms with Gasteiger partial charge in [-0.1, -0.05) is 50.2 Å². The van der Waals surface area contributed by atoms with E-state index in [1.807, 2.05) is 19.1 Å². The molecular formula is C19H29N5O2. The van der Waals surface area contributed by atoms with Gasteiger partial charge in [0.25, 0.3) is 0 Å². The van der Waals surface area contributed by atoms with Gasteiger partial charge in [-0.3, -0.25) is 0 Å². The van der Waals surface area contributed by atoms with Crippen LogP contribution in [0.25, 0.3) is 0 Å². The van der Waals surface area contributed by atoms with E-state index in [9.17, 15) is 5.11 Å². The lowest BCUT2D eigenvalue weighted by Crippen LogP contribution is -2.39. The highest BCUT2D eigenvalue weighted by atomic mass is 16.5. The Hall–Kier alpha value is -2.41. The van der Waals surface area contributed by atoms with E-state index in [4.69, 9.17) is 4.52 Å². The predicted molar refractivity (Wildman–Crippen MR) is 102 cm³/mol. The first-order valence-corrected chi connectivity index (χ1v) is 8.89. The fourth-order valence-electron chi connectivity index (χ4n) is 2.41. The molecule has 0 radical (unpaired) electrons. The summed E-state index contributed by atoms with van der Waals surface area (Å²) in [5.41, 5.74) is 2.21. The van der Waals surface area contributed by atoms with Crippen LogP contribution in [0.5, 0.6) is 0 Å². The number of hydrogen-bond acceptors (Lipinski definition) is 5. The minimum Gasteiger partial charge on any atom is -0.387 e. The lowest BCUT2D eigenvalue weighted by atomic mass is 9.86. The standard InChI is InChI=1S/C19H29N5O2/c1-6-20-18(22-12-17-23-13(2)26-24-17)21-11-16(25)14-7-9-15(10-8-14)19(3,4)5/h7-10,16,25H,6,11-12H2,1-5H3,(H2,20,21,22). The molecule has 0 bridgehead atoms. The lowest BCUT2D eigenvalue weighted by Gasteiger charge is -2.20. The Morgan fingerprint density at radius 3 is 2.46 bits per heavy atom.